The Labute approximate surface area is 203 Å². The molecule has 2 N–H and O–H groups in total. The molecule has 0 aliphatic rings. The molecule has 3 rings (SSSR count). The Morgan fingerprint density at radius 2 is 1.61 bits per heavy atom. The van der Waals surface area contributed by atoms with Gasteiger partial charge < -0.3 is 15.4 Å². The molecule has 0 unspecified atom stereocenters. The smallest absolute Gasteiger partial charge is 0.255 e. The number of unbranched alkanes of at least 4 members (excludes halogenated alkanes) is 3. The van der Waals surface area contributed by atoms with Gasteiger partial charge in [0.05, 0.1) is 17.5 Å². The van der Waals surface area contributed by atoms with Crippen molar-refractivity contribution in [2.75, 3.05) is 17.2 Å². The molecule has 172 valence electrons. The zero-order chi connectivity index (χ0) is 23.5. The van der Waals surface area contributed by atoms with Crippen molar-refractivity contribution in [1.29, 1.82) is 0 Å². The van der Waals surface area contributed by atoms with Crippen LogP contribution in [-0.4, -0.2) is 18.4 Å². The van der Waals surface area contributed by atoms with Gasteiger partial charge in [-0.3, -0.25) is 9.59 Å². The summed E-state index contributed by atoms with van der Waals surface area (Å²) in [6, 6.07) is 22.0. The largest absolute Gasteiger partial charge is 0.492 e. The number of nitrogens with one attached hydrogen (secondary N) is 2. The third kappa shape index (κ3) is 8.06. The standard InChI is InChI=1S/C27H29BrN2O3/c1-2-3-4-8-16-33-25-15-14-21(18-24(25)28)27(32)30-23-13-9-12-22(19-23)29-26(31)17-20-10-6-5-7-11-20/h5-7,9-15,18-19H,2-4,8,16-17H2,1H3,(H,29,31)(H,30,32). The molecule has 0 aliphatic heterocycles. The molecule has 0 fully saturated rings. The summed E-state index contributed by atoms with van der Waals surface area (Å²) in [4.78, 5) is 25.0. The predicted octanol–water partition coefficient (Wildman–Crippen LogP) is 6.84. The Morgan fingerprint density at radius 1 is 0.848 bits per heavy atom. The van der Waals surface area contributed by atoms with Crippen LogP contribution in [0, 0.1) is 0 Å². The van der Waals surface area contributed by atoms with E-state index in [1.807, 2.05) is 30.3 Å². The first-order valence-electron chi connectivity index (χ1n) is 11.2. The highest BCUT2D eigenvalue weighted by Gasteiger charge is 2.11. The molecule has 3 aromatic rings. The number of halogens is 1. The first kappa shape index (κ1) is 24.5. The first-order chi connectivity index (χ1) is 16.0. The third-order valence-electron chi connectivity index (χ3n) is 5.06. The molecule has 0 spiro atoms. The second-order valence-electron chi connectivity index (χ2n) is 7.80. The fraction of sp³-hybridized carbons (Fsp3) is 0.259. The molecule has 0 atom stereocenters. The van der Waals surface area contributed by atoms with E-state index in [2.05, 4.69) is 33.5 Å². The maximum atomic E-state index is 12.7. The molecule has 0 saturated carbocycles. The molecular weight excluding hydrogens is 480 g/mol. The van der Waals surface area contributed by atoms with Crippen molar-refractivity contribution in [3.05, 3.63) is 88.4 Å². The van der Waals surface area contributed by atoms with E-state index in [4.69, 9.17) is 4.74 Å². The van der Waals surface area contributed by atoms with Crippen molar-refractivity contribution in [3.8, 4) is 5.75 Å². The third-order valence-corrected chi connectivity index (χ3v) is 5.68. The minimum absolute atomic E-state index is 0.112. The molecule has 0 bridgehead atoms. The number of rotatable bonds is 11. The normalized spacial score (nSPS) is 10.5. The van der Waals surface area contributed by atoms with Gasteiger partial charge in [-0.15, -0.1) is 0 Å². The molecule has 5 nitrogen and oxygen atoms in total. The fourth-order valence-corrected chi connectivity index (χ4v) is 3.83. The fourth-order valence-electron chi connectivity index (χ4n) is 3.33. The summed E-state index contributed by atoms with van der Waals surface area (Å²) in [5, 5.41) is 5.76. The van der Waals surface area contributed by atoms with Gasteiger partial charge in [0.1, 0.15) is 5.75 Å². The number of hydrogen-bond donors (Lipinski definition) is 2. The van der Waals surface area contributed by atoms with Crippen molar-refractivity contribution in [3.63, 3.8) is 0 Å². The minimum Gasteiger partial charge on any atom is -0.492 e. The first-order valence-corrected chi connectivity index (χ1v) is 12.0. The zero-order valence-corrected chi connectivity index (χ0v) is 20.4. The highest BCUT2D eigenvalue weighted by molar-refractivity contribution is 9.10. The number of carbonyl (C=O) groups is 2. The van der Waals surface area contributed by atoms with E-state index in [0.717, 1.165) is 28.6 Å². The van der Waals surface area contributed by atoms with Crippen LogP contribution in [-0.2, 0) is 11.2 Å². The van der Waals surface area contributed by atoms with Crippen LogP contribution in [0.15, 0.2) is 77.3 Å². The number of amides is 2. The second kappa shape index (κ2) is 12.8. The maximum Gasteiger partial charge on any atom is 0.255 e. The van der Waals surface area contributed by atoms with Gasteiger partial charge >= 0.3 is 0 Å². The summed E-state index contributed by atoms with van der Waals surface area (Å²) in [6.07, 6.45) is 4.86. The van der Waals surface area contributed by atoms with Crippen LogP contribution in [0.1, 0.15) is 48.5 Å². The molecule has 3 aromatic carbocycles. The van der Waals surface area contributed by atoms with Crippen molar-refractivity contribution in [2.45, 2.75) is 39.0 Å². The second-order valence-corrected chi connectivity index (χ2v) is 8.65. The molecule has 6 heteroatoms. The van der Waals surface area contributed by atoms with Gasteiger partial charge in [-0.25, -0.2) is 0 Å². The Balaban J connectivity index is 1.55. The van der Waals surface area contributed by atoms with Crippen molar-refractivity contribution in [2.24, 2.45) is 0 Å². The van der Waals surface area contributed by atoms with E-state index in [0.29, 0.717) is 30.0 Å². The number of benzene rings is 3. The zero-order valence-electron chi connectivity index (χ0n) is 18.8. The van der Waals surface area contributed by atoms with Gasteiger partial charge in [-0.05, 0) is 64.3 Å². The van der Waals surface area contributed by atoms with E-state index >= 15 is 0 Å². The average Bonchev–Trinajstić information content (AvgIpc) is 2.80. The monoisotopic (exact) mass is 508 g/mol. The predicted molar refractivity (Wildman–Crippen MR) is 137 cm³/mol. The highest BCUT2D eigenvalue weighted by Crippen LogP contribution is 2.27. The molecule has 0 heterocycles. The number of ether oxygens (including phenoxy) is 1. The SMILES string of the molecule is CCCCCCOc1ccc(C(=O)Nc2cccc(NC(=O)Cc3ccccc3)c2)cc1Br. The van der Waals surface area contributed by atoms with E-state index < -0.39 is 0 Å². The number of anilines is 2. The lowest BCUT2D eigenvalue weighted by molar-refractivity contribution is -0.115. The molecule has 0 radical (unpaired) electrons. The topological polar surface area (TPSA) is 67.4 Å². The van der Waals surface area contributed by atoms with Gasteiger partial charge in [0.25, 0.3) is 5.91 Å². The van der Waals surface area contributed by atoms with E-state index in [1.165, 1.54) is 12.8 Å². The molecular formula is C27H29BrN2O3. The molecule has 2 amide bonds. The maximum absolute atomic E-state index is 12.7. The van der Waals surface area contributed by atoms with Crippen LogP contribution in [0.3, 0.4) is 0 Å². The summed E-state index contributed by atoms with van der Waals surface area (Å²) in [6.45, 7) is 2.84. The lowest BCUT2D eigenvalue weighted by Gasteiger charge is -2.11. The van der Waals surface area contributed by atoms with E-state index in [-0.39, 0.29) is 11.8 Å². The minimum atomic E-state index is -0.238. The lowest BCUT2D eigenvalue weighted by Crippen LogP contribution is -2.15. The van der Waals surface area contributed by atoms with Crippen LogP contribution >= 0.6 is 15.9 Å². The van der Waals surface area contributed by atoms with Crippen LogP contribution in [0.5, 0.6) is 5.75 Å². The van der Waals surface area contributed by atoms with E-state index in [1.54, 1.807) is 42.5 Å². The van der Waals surface area contributed by atoms with Crippen LogP contribution < -0.4 is 15.4 Å². The van der Waals surface area contributed by atoms with Crippen molar-refractivity contribution < 1.29 is 14.3 Å². The summed E-state index contributed by atoms with van der Waals surface area (Å²) in [5.74, 6) is 0.378. The Bertz CT molecular complexity index is 1070. The van der Waals surface area contributed by atoms with Gasteiger partial charge in [-0.2, -0.15) is 0 Å². The Morgan fingerprint density at radius 3 is 2.33 bits per heavy atom. The van der Waals surface area contributed by atoms with Crippen molar-refractivity contribution >= 4 is 39.1 Å². The summed E-state index contributed by atoms with van der Waals surface area (Å²) >= 11 is 3.50. The molecule has 0 saturated heterocycles. The lowest BCUT2D eigenvalue weighted by atomic mass is 10.1. The van der Waals surface area contributed by atoms with Gasteiger partial charge in [0.2, 0.25) is 5.91 Å². The average molecular weight is 509 g/mol. The quantitative estimate of drug-likeness (QED) is 0.278. The Hall–Kier alpha value is -3.12. The van der Waals surface area contributed by atoms with Gasteiger partial charge in [-0.1, -0.05) is 62.6 Å². The molecule has 0 aliphatic carbocycles. The summed E-state index contributed by atoms with van der Waals surface area (Å²) < 4.78 is 6.56. The highest BCUT2D eigenvalue weighted by atomic mass is 79.9. The number of carbonyl (C=O) groups excluding carboxylic acids is 2. The van der Waals surface area contributed by atoms with Crippen molar-refractivity contribution in [1.82, 2.24) is 0 Å². The van der Waals surface area contributed by atoms with Gasteiger partial charge in [0, 0.05) is 16.9 Å². The molecule has 0 aromatic heterocycles. The van der Waals surface area contributed by atoms with Gasteiger partial charge in [0.15, 0.2) is 0 Å². The van der Waals surface area contributed by atoms with E-state index in [9.17, 15) is 9.59 Å². The Kier molecular flexibility index (Phi) is 9.51. The van der Waals surface area contributed by atoms with Crippen LogP contribution in [0.25, 0.3) is 0 Å². The number of hydrogen-bond acceptors (Lipinski definition) is 3. The van der Waals surface area contributed by atoms with Crippen LogP contribution in [0.4, 0.5) is 11.4 Å². The summed E-state index contributed by atoms with van der Waals surface area (Å²) in [7, 11) is 0. The van der Waals surface area contributed by atoms with Crippen LogP contribution in [0.2, 0.25) is 0 Å². The molecule has 33 heavy (non-hydrogen) atoms. The summed E-state index contributed by atoms with van der Waals surface area (Å²) in [5.41, 5.74) is 2.68.